The molecule has 39 heavy (non-hydrogen) atoms. The fourth-order valence-electron chi connectivity index (χ4n) is 4.64. The first-order chi connectivity index (χ1) is 19.0. The molecule has 0 bridgehead atoms. The van der Waals surface area contributed by atoms with Crippen LogP contribution in [0.15, 0.2) is 91.0 Å². The second kappa shape index (κ2) is 12.1. The Morgan fingerprint density at radius 3 is 2.05 bits per heavy atom. The topological polar surface area (TPSA) is 89.5 Å². The largest absolute Gasteiger partial charge is 0.458 e. The minimum absolute atomic E-state index is 0.243. The molecule has 0 saturated carbocycles. The number of hydrogen-bond acceptors (Lipinski definition) is 8. The lowest BCUT2D eigenvalue weighted by Gasteiger charge is -2.31. The summed E-state index contributed by atoms with van der Waals surface area (Å²) in [6.07, 6.45) is -3.15. The van der Waals surface area contributed by atoms with Crippen molar-refractivity contribution in [3.8, 4) is 0 Å². The Hall–Kier alpha value is -3.56. The van der Waals surface area contributed by atoms with Crippen molar-refractivity contribution in [2.45, 2.75) is 63.4 Å². The molecule has 2 aliphatic rings. The van der Waals surface area contributed by atoms with E-state index in [1.54, 1.807) is 48.5 Å². The summed E-state index contributed by atoms with van der Waals surface area (Å²) in [5, 5.41) is 0. The zero-order chi connectivity index (χ0) is 27.2. The van der Waals surface area contributed by atoms with Crippen molar-refractivity contribution in [2.24, 2.45) is 0 Å². The second-order valence-electron chi connectivity index (χ2n) is 9.69. The Morgan fingerprint density at radius 1 is 0.846 bits per heavy atom. The van der Waals surface area contributed by atoms with Gasteiger partial charge in [0.25, 0.3) is 0 Å². The number of rotatable bonds is 10. The van der Waals surface area contributed by atoms with E-state index in [2.05, 4.69) is 0 Å². The smallest absolute Gasteiger partial charge is 0.338 e. The minimum Gasteiger partial charge on any atom is -0.458 e. The predicted molar refractivity (Wildman–Crippen MR) is 141 cm³/mol. The van der Waals surface area contributed by atoms with Gasteiger partial charge in [-0.1, -0.05) is 73.7 Å². The van der Waals surface area contributed by atoms with Crippen molar-refractivity contribution < 1.29 is 38.0 Å². The Morgan fingerprint density at radius 2 is 1.44 bits per heavy atom. The molecule has 3 aromatic carbocycles. The molecular weight excluding hydrogens is 500 g/mol. The number of carbonyl (C=O) groups excluding carboxylic acids is 2. The molecule has 2 fully saturated rings. The number of esters is 2. The highest BCUT2D eigenvalue weighted by molar-refractivity contribution is 5.90. The van der Waals surface area contributed by atoms with Crippen LogP contribution in [0.4, 0.5) is 0 Å². The maximum atomic E-state index is 13.1. The number of fused-ring (bicyclic) bond motifs is 1. The molecule has 2 unspecified atom stereocenters. The highest BCUT2D eigenvalue weighted by Gasteiger charge is 2.58. The van der Waals surface area contributed by atoms with E-state index < -0.39 is 48.4 Å². The van der Waals surface area contributed by atoms with Gasteiger partial charge in [-0.2, -0.15) is 0 Å². The van der Waals surface area contributed by atoms with Crippen LogP contribution in [0.3, 0.4) is 0 Å². The summed E-state index contributed by atoms with van der Waals surface area (Å²) in [6, 6.07) is 26.9. The number of benzene rings is 3. The molecule has 5 rings (SSSR count). The zero-order valence-electron chi connectivity index (χ0n) is 21.9. The molecule has 204 valence electrons. The molecule has 2 saturated heterocycles. The molecule has 3 aromatic rings. The molecule has 6 atom stereocenters. The van der Waals surface area contributed by atoms with Gasteiger partial charge in [0.1, 0.15) is 24.9 Å². The van der Waals surface area contributed by atoms with Gasteiger partial charge in [-0.15, -0.1) is 0 Å². The Bertz CT molecular complexity index is 1240. The van der Waals surface area contributed by atoms with E-state index in [1.807, 2.05) is 56.3 Å². The van der Waals surface area contributed by atoms with Crippen LogP contribution in [0.25, 0.3) is 0 Å². The zero-order valence-corrected chi connectivity index (χ0v) is 21.9. The van der Waals surface area contributed by atoms with Gasteiger partial charge in [0.2, 0.25) is 0 Å². The van der Waals surface area contributed by atoms with E-state index in [4.69, 9.17) is 28.4 Å². The molecule has 0 N–H and O–H groups in total. The molecule has 2 aliphatic heterocycles. The summed E-state index contributed by atoms with van der Waals surface area (Å²) in [7, 11) is 0. The lowest BCUT2D eigenvalue weighted by atomic mass is 10.1. The van der Waals surface area contributed by atoms with Gasteiger partial charge in [-0.3, -0.25) is 0 Å². The first-order valence-electron chi connectivity index (χ1n) is 13.1. The van der Waals surface area contributed by atoms with Crippen molar-refractivity contribution in [1.29, 1.82) is 0 Å². The third-order valence-electron chi connectivity index (χ3n) is 6.91. The number of carbonyl (C=O) groups is 2. The monoisotopic (exact) mass is 532 g/mol. The van der Waals surface area contributed by atoms with Crippen molar-refractivity contribution in [2.75, 3.05) is 6.61 Å². The van der Waals surface area contributed by atoms with E-state index >= 15 is 0 Å². The highest BCUT2D eigenvalue weighted by Crippen LogP contribution is 2.42. The van der Waals surface area contributed by atoms with E-state index in [-0.39, 0.29) is 13.2 Å². The third kappa shape index (κ3) is 6.37. The highest BCUT2D eigenvalue weighted by atomic mass is 16.8. The van der Waals surface area contributed by atoms with Crippen LogP contribution in [0.5, 0.6) is 0 Å². The first-order valence-corrected chi connectivity index (χ1v) is 13.1. The van der Waals surface area contributed by atoms with Gasteiger partial charge < -0.3 is 28.4 Å². The number of hydrogen-bond donors (Lipinski definition) is 0. The summed E-state index contributed by atoms with van der Waals surface area (Å²) < 4.78 is 36.5. The molecule has 0 amide bonds. The normalized spacial score (nSPS) is 26.5. The Labute approximate surface area is 227 Å². The van der Waals surface area contributed by atoms with Gasteiger partial charge in [0.05, 0.1) is 17.7 Å². The molecule has 0 spiro atoms. The molecular formula is C31H32O8. The van der Waals surface area contributed by atoms with Crippen molar-refractivity contribution in [3.05, 3.63) is 108 Å². The van der Waals surface area contributed by atoms with E-state index in [1.165, 1.54) is 0 Å². The first kappa shape index (κ1) is 27.0. The van der Waals surface area contributed by atoms with Crippen LogP contribution < -0.4 is 0 Å². The maximum Gasteiger partial charge on any atom is 0.338 e. The average molecular weight is 533 g/mol. The van der Waals surface area contributed by atoms with Gasteiger partial charge in [0.15, 0.2) is 18.2 Å². The van der Waals surface area contributed by atoms with Crippen LogP contribution in [0.1, 0.15) is 46.5 Å². The molecule has 0 aliphatic carbocycles. The van der Waals surface area contributed by atoms with Gasteiger partial charge >= 0.3 is 11.9 Å². The minimum atomic E-state index is -0.989. The Balaban J connectivity index is 1.39. The van der Waals surface area contributed by atoms with Crippen molar-refractivity contribution >= 4 is 11.9 Å². The van der Waals surface area contributed by atoms with Crippen molar-refractivity contribution in [1.82, 2.24) is 0 Å². The predicted octanol–water partition coefficient (Wildman–Crippen LogP) is 4.92. The number of ether oxygens (including phenoxy) is 6. The summed E-state index contributed by atoms with van der Waals surface area (Å²) in [6.45, 7) is 3.86. The fraction of sp³-hybridized carbons (Fsp3) is 0.355. The standard InChI is InChI=1S/C31H32O8/c1-3-31(2)38-27-26(34-19-21-13-7-4-8-14-21)25(37-30(27)39-31)24(36-29(33)23-17-11-6-12-18-23)20-35-28(32)22-15-9-5-10-16-22/h4-18,24-27,30H,3,19-20H2,1-2H3/t24?,25-,26+,27-,30-,31?/m1/s1. The molecule has 2 heterocycles. The van der Waals surface area contributed by atoms with E-state index in [0.717, 1.165) is 5.56 Å². The molecule has 0 aromatic heterocycles. The average Bonchev–Trinajstić information content (AvgIpc) is 3.48. The lowest BCUT2D eigenvalue weighted by Crippen LogP contribution is -2.46. The second-order valence-corrected chi connectivity index (χ2v) is 9.69. The van der Waals surface area contributed by atoms with Crippen LogP contribution >= 0.6 is 0 Å². The van der Waals surface area contributed by atoms with E-state index in [9.17, 15) is 9.59 Å². The van der Waals surface area contributed by atoms with Gasteiger partial charge in [0, 0.05) is 0 Å². The van der Waals surface area contributed by atoms with Crippen LogP contribution in [0.2, 0.25) is 0 Å². The molecule has 0 radical (unpaired) electrons. The Kier molecular flexibility index (Phi) is 8.38. The maximum absolute atomic E-state index is 13.1. The molecule has 8 heteroatoms. The van der Waals surface area contributed by atoms with Gasteiger partial charge in [-0.05, 0) is 43.2 Å². The van der Waals surface area contributed by atoms with Crippen LogP contribution in [0, 0.1) is 0 Å². The SMILES string of the molecule is CCC1(C)O[C@H]2O[C@H](C(COC(=O)c3ccccc3)OC(=O)c3ccccc3)[C@H](OCc3ccccc3)[C@H]2O1. The van der Waals surface area contributed by atoms with Gasteiger partial charge in [-0.25, -0.2) is 9.59 Å². The van der Waals surface area contributed by atoms with E-state index in [0.29, 0.717) is 17.5 Å². The fourth-order valence-corrected chi connectivity index (χ4v) is 4.64. The quantitative estimate of drug-likeness (QED) is 0.340. The summed E-state index contributed by atoms with van der Waals surface area (Å²) in [5.74, 6) is -1.94. The summed E-state index contributed by atoms with van der Waals surface area (Å²) >= 11 is 0. The van der Waals surface area contributed by atoms with Crippen LogP contribution in [-0.2, 0) is 35.0 Å². The lowest BCUT2D eigenvalue weighted by molar-refractivity contribution is -0.240. The third-order valence-corrected chi connectivity index (χ3v) is 6.91. The summed E-state index contributed by atoms with van der Waals surface area (Å²) in [4.78, 5) is 25.8. The van der Waals surface area contributed by atoms with Crippen LogP contribution in [-0.4, -0.2) is 55.0 Å². The van der Waals surface area contributed by atoms with Crippen molar-refractivity contribution in [3.63, 3.8) is 0 Å². The molecule has 8 nitrogen and oxygen atoms in total. The summed E-state index contributed by atoms with van der Waals surface area (Å²) in [5.41, 5.74) is 1.71.